The highest BCUT2D eigenvalue weighted by atomic mass is 35.5. The van der Waals surface area contributed by atoms with Crippen LogP contribution in [0.5, 0.6) is 0 Å². The molecule has 1 aliphatic heterocycles. The highest BCUT2D eigenvalue weighted by molar-refractivity contribution is 6.62. The van der Waals surface area contributed by atoms with Gasteiger partial charge < -0.3 is 9.31 Å². The lowest BCUT2D eigenvalue weighted by Gasteiger charge is -2.32. The van der Waals surface area contributed by atoms with Crippen LogP contribution in [0.3, 0.4) is 0 Å². The normalized spacial score (nSPS) is 20.4. The lowest BCUT2D eigenvalue weighted by Crippen LogP contribution is -2.41. The van der Waals surface area contributed by atoms with E-state index in [1.165, 1.54) is 0 Å². The van der Waals surface area contributed by atoms with E-state index < -0.39 is 18.3 Å². The molecule has 3 nitrogen and oxygen atoms in total. The number of aryl methyl sites for hydroxylation is 1. The first-order valence-corrected chi connectivity index (χ1v) is 6.61. The molecule has 0 N–H and O–H groups in total. The van der Waals surface area contributed by atoms with Crippen molar-refractivity contribution >= 4 is 24.2 Å². The number of benzene rings is 1. The van der Waals surface area contributed by atoms with Crippen molar-refractivity contribution in [3.8, 4) is 6.07 Å². The summed E-state index contributed by atoms with van der Waals surface area (Å²) in [7, 11) is -0.464. The minimum Gasteiger partial charge on any atom is -0.399 e. The van der Waals surface area contributed by atoms with Crippen molar-refractivity contribution in [3.63, 3.8) is 0 Å². The monoisotopic (exact) mass is 277 g/mol. The van der Waals surface area contributed by atoms with E-state index in [0.29, 0.717) is 10.6 Å². The molecule has 0 aromatic heterocycles. The average molecular weight is 278 g/mol. The molecular weight excluding hydrogens is 260 g/mol. The van der Waals surface area contributed by atoms with Gasteiger partial charge in [0.2, 0.25) is 0 Å². The van der Waals surface area contributed by atoms with Gasteiger partial charge in [-0.1, -0.05) is 11.6 Å². The molecule has 1 heterocycles. The molecule has 0 bridgehead atoms. The Morgan fingerprint density at radius 1 is 1.16 bits per heavy atom. The fourth-order valence-corrected chi connectivity index (χ4v) is 2.26. The molecule has 0 unspecified atom stereocenters. The summed E-state index contributed by atoms with van der Waals surface area (Å²) < 4.78 is 12.0. The van der Waals surface area contributed by atoms with Crippen LogP contribution in [0.4, 0.5) is 0 Å². The molecule has 5 heteroatoms. The van der Waals surface area contributed by atoms with Gasteiger partial charge in [0.1, 0.15) is 6.07 Å². The van der Waals surface area contributed by atoms with Gasteiger partial charge in [-0.25, -0.2) is 0 Å². The first-order valence-electron chi connectivity index (χ1n) is 6.24. The maximum atomic E-state index is 9.07. The van der Waals surface area contributed by atoms with Gasteiger partial charge in [0.05, 0.1) is 21.8 Å². The maximum Gasteiger partial charge on any atom is 0.495 e. The molecule has 1 aromatic rings. The molecule has 0 saturated carbocycles. The van der Waals surface area contributed by atoms with Crippen LogP contribution in [-0.4, -0.2) is 18.3 Å². The SMILES string of the molecule is Cc1cc(Cl)c(C#N)cc1B1OC(C)(C)C(C)(C)O1. The predicted molar refractivity (Wildman–Crippen MR) is 76.6 cm³/mol. The molecule has 1 aliphatic rings. The van der Waals surface area contributed by atoms with Gasteiger partial charge in [-0.2, -0.15) is 5.26 Å². The Morgan fingerprint density at radius 2 is 1.68 bits per heavy atom. The van der Waals surface area contributed by atoms with Crippen molar-refractivity contribution in [2.45, 2.75) is 45.8 Å². The molecular formula is C14H17BClNO2. The summed E-state index contributed by atoms with van der Waals surface area (Å²) in [6.07, 6.45) is 0. The third-order valence-corrected chi connectivity index (χ3v) is 4.30. The molecule has 19 heavy (non-hydrogen) atoms. The van der Waals surface area contributed by atoms with E-state index in [1.807, 2.05) is 34.6 Å². The molecule has 1 fully saturated rings. The smallest absolute Gasteiger partial charge is 0.399 e. The summed E-state index contributed by atoms with van der Waals surface area (Å²) in [6.45, 7) is 9.95. The van der Waals surface area contributed by atoms with E-state index in [1.54, 1.807) is 12.1 Å². The lowest BCUT2D eigenvalue weighted by molar-refractivity contribution is 0.00578. The zero-order valence-electron chi connectivity index (χ0n) is 11.9. The zero-order valence-corrected chi connectivity index (χ0v) is 12.6. The molecule has 0 spiro atoms. The van der Waals surface area contributed by atoms with Crippen molar-refractivity contribution in [1.82, 2.24) is 0 Å². The molecule has 100 valence electrons. The second kappa shape index (κ2) is 4.52. The van der Waals surface area contributed by atoms with Crippen molar-refractivity contribution < 1.29 is 9.31 Å². The van der Waals surface area contributed by atoms with Gasteiger partial charge in [-0.05, 0) is 57.8 Å². The van der Waals surface area contributed by atoms with Crippen LogP contribution < -0.4 is 5.46 Å². The predicted octanol–water partition coefficient (Wildman–Crippen LogP) is 2.82. The van der Waals surface area contributed by atoms with Crippen LogP contribution in [0, 0.1) is 18.3 Å². The largest absolute Gasteiger partial charge is 0.495 e. The van der Waals surface area contributed by atoms with Gasteiger partial charge >= 0.3 is 7.12 Å². The van der Waals surface area contributed by atoms with E-state index in [2.05, 4.69) is 6.07 Å². The van der Waals surface area contributed by atoms with E-state index >= 15 is 0 Å². The van der Waals surface area contributed by atoms with Crippen molar-refractivity contribution in [2.75, 3.05) is 0 Å². The zero-order chi connectivity index (χ0) is 14.4. The van der Waals surface area contributed by atoms with Crippen molar-refractivity contribution in [3.05, 3.63) is 28.3 Å². The summed E-state index contributed by atoms with van der Waals surface area (Å²) in [6, 6.07) is 5.61. The molecule has 0 radical (unpaired) electrons. The quantitative estimate of drug-likeness (QED) is 0.741. The Hall–Kier alpha value is -1.02. The van der Waals surface area contributed by atoms with Crippen molar-refractivity contribution in [1.29, 1.82) is 5.26 Å². The Labute approximate surface area is 119 Å². The van der Waals surface area contributed by atoms with Crippen LogP contribution in [0.25, 0.3) is 0 Å². The summed E-state index contributed by atoms with van der Waals surface area (Å²) in [5.41, 5.74) is 1.48. The number of nitriles is 1. The van der Waals surface area contributed by atoms with Gasteiger partial charge in [0.25, 0.3) is 0 Å². The number of hydrogen-bond donors (Lipinski definition) is 0. The van der Waals surface area contributed by atoms with Crippen molar-refractivity contribution in [2.24, 2.45) is 0 Å². The number of hydrogen-bond acceptors (Lipinski definition) is 3. The second-order valence-corrected chi connectivity index (χ2v) is 6.30. The van der Waals surface area contributed by atoms with Gasteiger partial charge in [-0.15, -0.1) is 0 Å². The summed E-state index contributed by atoms with van der Waals surface area (Å²) in [5.74, 6) is 0. The Morgan fingerprint density at radius 3 is 2.16 bits per heavy atom. The van der Waals surface area contributed by atoms with E-state index in [9.17, 15) is 0 Å². The number of halogens is 1. The molecule has 1 aromatic carbocycles. The van der Waals surface area contributed by atoms with Crippen LogP contribution in [0.15, 0.2) is 12.1 Å². The maximum absolute atomic E-state index is 9.07. The summed E-state index contributed by atoms with van der Waals surface area (Å²) in [5, 5.41) is 9.52. The van der Waals surface area contributed by atoms with Gasteiger partial charge in [-0.3, -0.25) is 0 Å². The number of rotatable bonds is 1. The molecule has 0 atom stereocenters. The molecule has 1 saturated heterocycles. The molecule has 2 rings (SSSR count). The van der Waals surface area contributed by atoms with E-state index in [0.717, 1.165) is 11.0 Å². The minimum absolute atomic E-state index is 0.392. The first-order chi connectivity index (χ1) is 8.68. The second-order valence-electron chi connectivity index (χ2n) is 5.89. The summed E-state index contributed by atoms with van der Waals surface area (Å²) >= 11 is 6.02. The highest BCUT2D eigenvalue weighted by Crippen LogP contribution is 2.36. The van der Waals surface area contributed by atoms with E-state index in [4.69, 9.17) is 26.2 Å². The van der Waals surface area contributed by atoms with Gasteiger partial charge in [0, 0.05) is 0 Å². The highest BCUT2D eigenvalue weighted by Gasteiger charge is 2.52. The van der Waals surface area contributed by atoms with Crippen LogP contribution in [0.1, 0.15) is 38.8 Å². The Bertz CT molecular complexity index is 547. The third kappa shape index (κ3) is 2.39. The van der Waals surface area contributed by atoms with E-state index in [-0.39, 0.29) is 0 Å². The topological polar surface area (TPSA) is 42.2 Å². The minimum atomic E-state index is -0.464. The Kier molecular flexibility index (Phi) is 3.42. The standard InChI is InChI=1S/C14H17BClNO2/c1-9-6-12(16)10(8-17)7-11(9)15-18-13(2,3)14(4,5)19-15/h6-7H,1-5H3. The first kappa shape index (κ1) is 14.4. The third-order valence-electron chi connectivity index (χ3n) is 3.98. The lowest BCUT2D eigenvalue weighted by atomic mass is 9.75. The van der Waals surface area contributed by atoms with Crippen LogP contribution >= 0.6 is 11.6 Å². The molecule has 0 aliphatic carbocycles. The van der Waals surface area contributed by atoms with Crippen LogP contribution in [-0.2, 0) is 9.31 Å². The fraction of sp³-hybridized carbons (Fsp3) is 0.500. The Balaban J connectivity index is 2.43. The fourth-order valence-electron chi connectivity index (χ4n) is 2.00. The van der Waals surface area contributed by atoms with Gasteiger partial charge in [0.15, 0.2) is 0 Å². The molecule has 0 amide bonds. The van der Waals surface area contributed by atoms with Crippen LogP contribution in [0.2, 0.25) is 5.02 Å². The average Bonchev–Trinajstić information content (AvgIpc) is 2.48. The number of nitrogens with zero attached hydrogens (tertiary/aromatic N) is 1. The summed E-state index contributed by atoms with van der Waals surface area (Å²) in [4.78, 5) is 0.